The highest BCUT2D eigenvalue weighted by molar-refractivity contribution is 7.14. The highest BCUT2D eigenvalue weighted by Crippen LogP contribution is 2.23. The van der Waals surface area contributed by atoms with E-state index >= 15 is 0 Å². The summed E-state index contributed by atoms with van der Waals surface area (Å²) in [6.07, 6.45) is 2.15. The zero-order valence-electron chi connectivity index (χ0n) is 15.0. The first-order chi connectivity index (χ1) is 13.2. The van der Waals surface area contributed by atoms with Crippen molar-refractivity contribution in [3.8, 4) is 6.07 Å². The van der Waals surface area contributed by atoms with Gasteiger partial charge in [-0.05, 0) is 43.0 Å². The zero-order valence-corrected chi connectivity index (χ0v) is 15.8. The summed E-state index contributed by atoms with van der Waals surface area (Å²) in [6.45, 7) is 2.16. The summed E-state index contributed by atoms with van der Waals surface area (Å²) >= 11 is 1.35. The van der Waals surface area contributed by atoms with Crippen molar-refractivity contribution >= 4 is 33.8 Å². The third kappa shape index (κ3) is 5.39. The minimum absolute atomic E-state index is 0.0348. The second kappa shape index (κ2) is 9.31. The van der Waals surface area contributed by atoms with Gasteiger partial charge in [0.2, 0.25) is 11.8 Å². The van der Waals surface area contributed by atoms with Crippen molar-refractivity contribution < 1.29 is 9.59 Å². The van der Waals surface area contributed by atoms with E-state index in [0.717, 1.165) is 25.1 Å². The minimum atomic E-state index is -0.107. The maximum absolute atomic E-state index is 12.5. The molecule has 1 aromatic carbocycles. The quantitative estimate of drug-likeness (QED) is 0.803. The summed E-state index contributed by atoms with van der Waals surface area (Å²) in [6, 6.07) is 13.2. The van der Waals surface area contributed by atoms with Gasteiger partial charge in [0.15, 0.2) is 0 Å². The largest absolute Gasteiger partial charge is 0.326 e. The van der Waals surface area contributed by atoms with Gasteiger partial charge in [-0.15, -0.1) is 11.3 Å². The average Bonchev–Trinajstić information content (AvgIpc) is 3.14. The SMILES string of the molecule is N#Cc1ccsc1NC(=O)CCN1CCCC(C(=O)Nc2ccccc2)C1. The number of rotatable bonds is 6. The molecule has 1 atom stereocenters. The molecule has 1 fully saturated rings. The number of para-hydroxylation sites is 1. The van der Waals surface area contributed by atoms with Crippen LogP contribution in [0.15, 0.2) is 41.8 Å². The van der Waals surface area contributed by atoms with E-state index in [0.29, 0.717) is 30.1 Å². The van der Waals surface area contributed by atoms with Crippen LogP contribution in [0.1, 0.15) is 24.8 Å². The molecular weight excluding hydrogens is 360 g/mol. The van der Waals surface area contributed by atoms with Crippen LogP contribution in [0, 0.1) is 17.2 Å². The monoisotopic (exact) mass is 382 g/mol. The predicted octanol–water partition coefficient (Wildman–Crippen LogP) is 3.30. The van der Waals surface area contributed by atoms with Crippen molar-refractivity contribution in [3.05, 3.63) is 47.3 Å². The van der Waals surface area contributed by atoms with Crippen molar-refractivity contribution in [2.75, 3.05) is 30.3 Å². The molecule has 7 heteroatoms. The number of nitrogens with zero attached hydrogens (tertiary/aromatic N) is 2. The smallest absolute Gasteiger partial charge is 0.228 e. The van der Waals surface area contributed by atoms with E-state index in [1.165, 1.54) is 11.3 Å². The van der Waals surface area contributed by atoms with Crippen molar-refractivity contribution in [2.45, 2.75) is 19.3 Å². The second-order valence-corrected chi connectivity index (χ2v) is 7.48. The maximum atomic E-state index is 12.5. The molecule has 0 radical (unpaired) electrons. The number of hydrogen-bond acceptors (Lipinski definition) is 5. The molecule has 2 heterocycles. The van der Waals surface area contributed by atoms with Crippen LogP contribution in [0.25, 0.3) is 0 Å². The zero-order chi connectivity index (χ0) is 19.1. The third-order valence-corrected chi connectivity index (χ3v) is 5.44. The first-order valence-electron chi connectivity index (χ1n) is 9.01. The van der Waals surface area contributed by atoms with Gasteiger partial charge >= 0.3 is 0 Å². The molecule has 0 saturated carbocycles. The lowest BCUT2D eigenvalue weighted by molar-refractivity contribution is -0.121. The standard InChI is InChI=1S/C20H22N4O2S/c21-13-15-9-12-27-20(15)23-18(25)8-11-24-10-4-5-16(14-24)19(26)22-17-6-2-1-3-7-17/h1-3,6-7,9,12,16H,4-5,8,10-11,14H2,(H,22,26)(H,23,25). The summed E-state index contributed by atoms with van der Waals surface area (Å²) in [5.41, 5.74) is 1.30. The number of amides is 2. The normalized spacial score (nSPS) is 17.1. The Balaban J connectivity index is 1.46. The maximum Gasteiger partial charge on any atom is 0.228 e. The summed E-state index contributed by atoms with van der Waals surface area (Å²) in [5, 5.41) is 17.1. The van der Waals surface area contributed by atoms with Gasteiger partial charge in [-0.1, -0.05) is 18.2 Å². The summed E-state index contributed by atoms with van der Waals surface area (Å²) in [4.78, 5) is 26.8. The highest BCUT2D eigenvalue weighted by Gasteiger charge is 2.26. The Morgan fingerprint density at radius 2 is 2.04 bits per heavy atom. The number of carbonyl (C=O) groups excluding carboxylic acids is 2. The summed E-state index contributed by atoms with van der Waals surface area (Å²) in [5.74, 6) is -0.137. The van der Waals surface area contributed by atoms with Crippen LogP contribution >= 0.6 is 11.3 Å². The molecule has 1 aliphatic heterocycles. The minimum Gasteiger partial charge on any atom is -0.326 e. The van der Waals surface area contributed by atoms with Crippen molar-refractivity contribution in [1.29, 1.82) is 5.26 Å². The van der Waals surface area contributed by atoms with Crippen molar-refractivity contribution in [2.24, 2.45) is 5.92 Å². The molecule has 1 unspecified atom stereocenters. The highest BCUT2D eigenvalue weighted by atomic mass is 32.1. The van der Waals surface area contributed by atoms with Gasteiger partial charge in [0.1, 0.15) is 11.1 Å². The fourth-order valence-corrected chi connectivity index (χ4v) is 3.93. The van der Waals surface area contributed by atoms with E-state index in [1.54, 1.807) is 11.4 Å². The molecule has 2 aromatic rings. The van der Waals surface area contributed by atoms with Crippen LogP contribution in [-0.4, -0.2) is 36.3 Å². The number of nitriles is 1. The first kappa shape index (κ1) is 19.1. The third-order valence-electron chi connectivity index (χ3n) is 4.61. The number of likely N-dealkylation sites (tertiary alicyclic amines) is 1. The summed E-state index contributed by atoms with van der Waals surface area (Å²) < 4.78 is 0. The number of carbonyl (C=O) groups is 2. The predicted molar refractivity (Wildman–Crippen MR) is 107 cm³/mol. The topological polar surface area (TPSA) is 85.2 Å². The Bertz CT molecular complexity index is 828. The molecule has 0 bridgehead atoms. The van der Waals surface area contributed by atoms with E-state index in [1.807, 2.05) is 30.3 Å². The molecule has 1 saturated heterocycles. The second-order valence-electron chi connectivity index (χ2n) is 6.57. The van der Waals surface area contributed by atoms with Crippen LogP contribution < -0.4 is 10.6 Å². The van der Waals surface area contributed by atoms with Crippen LogP contribution in [0.5, 0.6) is 0 Å². The van der Waals surface area contributed by atoms with Crippen LogP contribution in [0.3, 0.4) is 0 Å². The number of hydrogen-bond donors (Lipinski definition) is 2. The fraction of sp³-hybridized carbons (Fsp3) is 0.350. The van der Waals surface area contributed by atoms with Gasteiger partial charge < -0.3 is 15.5 Å². The van der Waals surface area contributed by atoms with E-state index in [4.69, 9.17) is 5.26 Å². The van der Waals surface area contributed by atoms with E-state index < -0.39 is 0 Å². The molecule has 0 spiro atoms. The fourth-order valence-electron chi connectivity index (χ4n) is 3.18. The molecule has 2 N–H and O–H groups in total. The first-order valence-corrected chi connectivity index (χ1v) is 9.89. The number of thiophene rings is 1. The lowest BCUT2D eigenvalue weighted by atomic mass is 9.97. The van der Waals surface area contributed by atoms with Crippen molar-refractivity contribution in [3.63, 3.8) is 0 Å². The Morgan fingerprint density at radius 3 is 2.81 bits per heavy atom. The molecule has 1 aliphatic rings. The van der Waals surface area contributed by atoms with E-state index in [2.05, 4.69) is 21.6 Å². The van der Waals surface area contributed by atoms with Gasteiger partial charge in [-0.2, -0.15) is 5.26 Å². The van der Waals surface area contributed by atoms with E-state index in [-0.39, 0.29) is 17.7 Å². The number of nitrogens with one attached hydrogen (secondary N) is 2. The Morgan fingerprint density at radius 1 is 1.22 bits per heavy atom. The molecule has 27 heavy (non-hydrogen) atoms. The number of benzene rings is 1. The molecule has 0 aliphatic carbocycles. The molecule has 6 nitrogen and oxygen atoms in total. The van der Waals surface area contributed by atoms with Crippen molar-refractivity contribution in [1.82, 2.24) is 4.90 Å². The molecule has 140 valence electrons. The van der Waals surface area contributed by atoms with Crippen LogP contribution in [0.4, 0.5) is 10.7 Å². The van der Waals surface area contributed by atoms with Crippen LogP contribution in [-0.2, 0) is 9.59 Å². The number of anilines is 2. The molecule has 3 rings (SSSR count). The Kier molecular flexibility index (Phi) is 6.58. The Hall–Kier alpha value is -2.69. The van der Waals surface area contributed by atoms with Gasteiger partial charge in [0.05, 0.1) is 11.5 Å². The lowest BCUT2D eigenvalue weighted by Gasteiger charge is -2.31. The van der Waals surface area contributed by atoms with Gasteiger partial charge in [0, 0.05) is 25.2 Å². The van der Waals surface area contributed by atoms with Gasteiger partial charge in [-0.3, -0.25) is 9.59 Å². The molecule has 2 amide bonds. The van der Waals surface area contributed by atoms with Gasteiger partial charge in [0.25, 0.3) is 0 Å². The Labute approximate surface area is 162 Å². The van der Waals surface area contributed by atoms with E-state index in [9.17, 15) is 9.59 Å². The average molecular weight is 382 g/mol. The molecule has 1 aromatic heterocycles. The molecular formula is C20H22N4O2S. The summed E-state index contributed by atoms with van der Waals surface area (Å²) in [7, 11) is 0. The van der Waals surface area contributed by atoms with Gasteiger partial charge in [-0.25, -0.2) is 0 Å². The lowest BCUT2D eigenvalue weighted by Crippen LogP contribution is -2.41. The number of piperidine rings is 1. The van der Waals surface area contributed by atoms with Crippen LogP contribution in [0.2, 0.25) is 0 Å².